The van der Waals surface area contributed by atoms with Crippen LogP contribution in [0.5, 0.6) is 0 Å². The lowest BCUT2D eigenvalue weighted by Gasteiger charge is -2.38. The number of carbonyl (C=O) groups is 1. The van der Waals surface area contributed by atoms with Crippen molar-refractivity contribution in [1.29, 1.82) is 0 Å². The highest BCUT2D eigenvalue weighted by atomic mass is 19.4. The Balaban J connectivity index is 1.35. The van der Waals surface area contributed by atoms with E-state index >= 15 is 0 Å². The van der Waals surface area contributed by atoms with Crippen LogP contribution in [0.15, 0.2) is 36.7 Å². The summed E-state index contributed by atoms with van der Waals surface area (Å²) < 4.78 is 40.3. The Morgan fingerprint density at radius 2 is 1.89 bits per heavy atom. The van der Waals surface area contributed by atoms with Gasteiger partial charge >= 0.3 is 6.18 Å². The molecule has 1 unspecified atom stereocenters. The molecule has 0 spiro atoms. The summed E-state index contributed by atoms with van der Waals surface area (Å²) in [5.41, 5.74) is 8.55. The van der Waals surface area contributed by atoms with Gasteiger partial charge < -0.3 is 9.88 Å². The third-order valence-electron chi connectivity index (χ3n) is 7.90. The number of H-pyrrole nitrogens is 1. The van der Waals surface area contributed by atoms with Gasteiger partial charge in [0.25, 0.3) is 5.91 Å². The van der Waals surface area contributed by atoms with E-state index in [0.29, 0.717) is 31.9 Å². The number of halogens is 3. The molecular weight excluding hydrogens is 483 g/mol. The molecular formula is C26H24F3N7O. The molecule has 2 aromatic heterocycles. The normalized spacial score (nSPS) is 19.3. The van der Waals surface area contributed by atoms with Crippen LogP contribution in [-0.2, 0) is 7.05 Å². The SMILES string of the molecule is Cc1c2c(nn1C)C(=O)N1c3ccc4[nH]cnc4c3-c3cc(N4CCN(CC(F)(F)F)CC4)ccc3C21. The molecule has 3 aliphatic rings. The van der Waals surface area contributed by atoms with Crippen molar-refractivity contribution < 1.29 is 18.0 Å². The standard InChI is InChI=1S/C26H24F3N7O/c1-14-20-23(32-33(14)2)25(37)36-19-6-5-18-22(31-13-30-18)21(19)17-11-15(3-4-16(17)24(20)36)35-9-7-34(8-10-35)12-26(27,28)29/h3-6,11,13,24H,7-10,12H2,1-2H3,(H,30,31). The van der Waals surface area contributed by atoms with Gasteiger partial charge in [-0.3, -0.25) is 19.3 Å². The van der Waals surface area contributed by atoms with Crippen molar-refractivity contribution in [2.75, 3.05) is 42.5 Å². The van der Waals surface area contributed by atoms with Crippen LogP contribution in [0.2, 0.25) is 0 Å². The van der Waals surface area contributed by atoms with Crippen molar-refractivity contribution in [1.82, 2.24) is 24.6 Å². The predicted octanol–water partition coefficient (Wildman–Crippen LogP) is 4.02. The number of carbonyl (C=O) groups excluding carboxylic acids is 1. The van der Waals surface area contributed by atoms with Crippen molar-refractivity contribution in [3.8, 4) is 11.1 Å². The molecule has 1 saturated heterocycles. The minimum atomic E-state index is -4.19. The first-order chi connectivity index (χ1) is 17.7. The summed E-state index contributed by atoms with van der Waals surface area (Å²) in [7, 11) is 1.84. The van der Waals surface area contributed by atoms with Gasteiger partial charge in [0.15, 0.2) is 5.69 Å². The first-order valence-electron chi connectivity index (χ1n) is 12.2. The van der Waals surface area contributed by atoms with E-state index in [2.05, 4.69) is 26.0 Å². The van der Waals surface area contributed by atoms with E-state index in [9.17, 15) is 18.0 Å². The molecule has 2 aromatic carbocycles. The van der Waals surface area contributed by atoms with E-state index in [1.165, 1.54) is 4.90 Å². The van der Waals surface area contributed by atoms with Gasteiger partial charge in [-0.25, -0.2) is 4.98 Å². The van der Waals surface area contributed by atoms with Crippen molar-refractivity contribution >= 4 is 28.3 Å². The molecule has 11 heteroatoms. The Kier molecular flexibility index (Phi) is 4.58. The number of aromatic amines is 1. The zero-order valence-corrected chi connectivity index (χ0v) is 20.3. The largest absolute Gasteiger partial charge is 0.401 e. The number of aryl methyl sites for hydroxylation is 1. The fraction of sp³-hybridized carbons (Fsp3) is 0.346. The van der Waals surface area contributed by atoms with Gasteiger partial charge in [-0.15, -0.1) is 0 Å². The highest BCUT2D eigenvalue weighted by Gasteiger charge is 2.47. The summed E-state index contributed by atoms with van der Waals surface area (Å²) >= 11 is 0. The summed E-state index contributed by atoms with van der Waals surface area (Å²) in [5.74, 6) is -0.129. The van der Waals surface area contributed by atoms with Crippen molar-refractivity contribution in [2.45, 2.75) is 19.1 Å². The van der Waals surface area contributed by atoms with Crippen molar-refractivity contribution in [3.63, 3.8) is 0 Å². The molecule has 37 heavy (non-hydrogen) atoms. The minimum absolute atomic E-state index is 0.129. The van der Waals surface area contributed by atoms with Gasteiger partial charge in [-0.05, 0) is 42.3 Å². The van der Waals surface area contributed by atoms with Crippen LogP contribution in [0.1, 0.15) is 33.4 Å². The maximum atomic E-state index is 13.6. The highest BCUT2D eigenvalue weighted by molar-refractivity contribution is 6.17. The maximum absolute atomic E-state index is 13.6. The molecule has 8 nitrogen and oxygen atoms in total. The molecule has 1 atom stereocenters. The number of nitrogens with zero attached hydrogens (tertiary/aromatic N) is 6. The molecule has 1 fully saturated rings. The fourth-order valence-electron chi connectivity index (χ4n) is 6.09. The molecule has 5 heterocycles. The van der Waals surface area contributed by atoms with E-state index < -0.39 is 12.7 Å². The van der Waals surface area contributed by atoms with E-state index in [4.69, 9.17) is 0 Å². The Bertz CT molecular complexity index is 1580. The first-order valence-corrected chi connectivity index (χ1v) is 12.2. The number of aromatic nitrogens is 4. The van der Waals surface area contributed by atoms with Crippen LogP contribution < -0.4 is 9.80 Å². The second-order valence-electron chi connectivity index (χ2n) is 9.96. The van der Waals surface area contributed by atoms with Crippen LogP contribution in [0.25, 0.3) is 22.2 Å². The average molecular weight is 508 g/mol. The quantitative estimate of drug-likeness (QED) is 0.444. The summed E-state index contributed by atoms with van der Waals surface area (Å²) in [5, 5.41) is 4.53. The van der Waals surface area contributed by atoms with Crippen LogP contribution in [0, 0.1) is 6.92 Å². The third kappa shape index (κ3) is 3.23. The molecule has 190 valence electrons. The summed E-state index contributed by atoms with van der Waals surface area (Å²) in [6, 6.07) is 9.76. The predicted molar refractivity (Wildman–Crippen MR) is 133 cm³/mol. The number of alkyl halides is 3. The van der Waals surface area contributed by atoms with Crippen LogP contribution in [0.3, 0.4) is 0 Å². The van der Waals surface area contributed by atoms with E-state index in [0.717, 1.165) is 50.4 Å². The van der Waals surface area contributed by atoms with Crippen molar-refractivity contribution in [2.24, 2.45) is 7.05 Å². The lowest BCUT2D eigenvalue weighted by molar-refractivity contribution is -0.146. The van der Waals surface area contributed by atoms with Gasteiger partial charge in [0.1, 0.15) is 0 Å². The monoisotopic (exact) mass is 507 g/mol. The number of anilines is 2. The number of piperazine rings is 1. The van der Waals surface area contributed by atoms with Gasteiger partial charge in [-0.1, -0.05) is 6.07 Å². The highest BCUT2D eigenvalue weighted by Crippen LogP contribution is 2.54. The Hall–Kier alpha value is -3.86. The van der Waals surface area contributed by atoms with E-state index in [1.807, 2.05) is 43.1 Å². The van der Waals surface area contributed by atoms with Crippen LogP contribution >= 0.6 is 0 Å². The summed E-state index contributed by atoms with van der Waals surface area (Å²) in [6.07, 6.45) is -2.55. The first kappa shape index (κ1) is 22.3. The summed E-state index contributed by atoms with van der Waals surface area (Å²) in [4.78, 5) is 26.8. The molecule has 3 aliphatic heterocycles. The smallest absolute Gasteiger partial charge is 0.369 e. The average Bonchev–Trinajstić information content (AvgIpc) is 3.53. The zero-order chi connectivity index (χ0) is 25.6. The van der Waals surface area contributed by atoms with Crippen LogP contribution in [0.4, 0.5) is 24.5 Å². The Morgan fingerprint density at radius 1 is 1.11 bits per heavy atom. The topological polar surface area (TPSA) is 73.3 Å². The zero-order valence-electron chi connectivity index (χ0n) is 20.3. The van der Waals surface area contributed by atoms with E-state index in [1.54, 1.807) is 11.0 Å². The number of benzene rings is 2. The molecule has 0 saturated carbocycles. The van der Waals surface area contributed by atoms with Crippen molar-refractivity contribution in [3.05, 3.63) is 59.2 Å². The second kappa shape index (κ2) is 7.58. The Labute approximate surface area is 210 Å². The van der Waals surface area contributed by atoms with Gasteiger partial charge in [0.2, 0.25) is 0 Å². The molecule has 1 N–H and O–H groups in total. The number of amides is 1. The number of nitrogens with one attached hydrogen (secondary N) is 1. The van der Waals surface area contributed by atoms with Crippen LogP contribution in [-0.4, -0.2) is 69.5 Å². The molecule has 0 radical (unpaired) electrons. The molecule has 1 amide bonds. The molecule has 4 aromatic rings. The summed E-state index contributed by atoms with van der Waals surface area (Å²) in [6.45, 7) is 2.81. The van der Waals surface area contributed by atoms with Gasteiger partial charge in [-0.2, -0.15) is 18.3 Å². The van der Waals surface area contributed by atoms with Gasteiger partial charge in [0, 0.05) is 55.7 Å². The lowest BCUT2D eigenvalue weighted by Crippen LogP contribution is -2.49. The number of imidazole rings is 1. The molecule has 0 bridgehead atoms. The number of fused-ring (bicyclic) bond motifs is 10. The molecule has 0 aliphatic carbocycles. The van der Waals surface area contributed by atoms with Gasteiger partial charge in [0.05, 0.1) is 35.6 Å². The number of hydrogen-bond donors (Lipinski definition) is 1. The third-order valence-corrected chi connectivity index (χ3v) is 7.90. The second-order valence-corrected chi connectivity index (χ2v) is 9.96. The minimum Gasteiger partial charge on any atom is -0.369 e. The lowest BCUT2D eigenvalue weighted by atomic mass is 9.85. The Morgan fingerprint density at radius 3 is 2.65 bits per heavy atom. The number of rotatable bonds is 2. The van der Waals surface area contributed by atoms with E-state index in [-0.39, 0.29) is 11.9 Å². The fourth-order valence-corrected chi connectivity index (χ4v) is 6.09. The maximum Gasteiger partial charge on any atom is 0.401 e. The number of hydrogen-bond acceptors (Lipinski definition) is 5. The molecule has 7 rings (SSSR count).